The smallest absolute Gasteiger partial charge is 0.227 e. The van der Waals surface area contributed by atoms with Gasteiger partial charge in [0.1, 0.15) is 5.75 Å². The summed E-state index contributed by atoms with van der Waals surface area (Å²) in [7, 11) is 0. The van der Waals surface area contributed by atoms with Crippen molar-refractivity contribution >= 4 is 23.2 Å². The molecule has 0 radical (unpaired) electrons. The minimum absolute atomic E-state index is 0.0799. The van der Waals surface area contributed by atoms with Gasteiger partial charge in [-0.15, -0.1) is 0 Å². The first-order valence-electron chi connectivity index (χ1n) is 5.49. The highest BCUT2D eigenvalue weighted by atomic mass is 35.5. The van der Waals surface area contributed by atoms with Gasteiger partial charge in [-0.05, 0) is 53.9 Å². The van der Waals surface area contributed by atoms with E-state index in [1.165, 1.54) is 0 Å². The van der Waals surface area contributed by atoms with Crippen LogP contribution in [-0.2, 0) is 0 Å². The van der Waals surface area contributed by atoms with Crippen molar-refractivity contribution in [3.8, 4) is 17.1 Å². The van der Waals surface area contributed by atoms with Crippen LogP contribution in [0.3, 0.4) is 0 Å². The van der Waals surface area contributed by atoms with Gasteiger partial charge in [-0.3, -0.25) is 0 Å². The second-order valence-electron chi connectivity index (χ2n) is 3.57. The quantitative estimate of drug-likeness (QED) is 0.860. The van der Waals surface area contributed by atoms with E-state index in [9.17, 15) is 0 Å². The topological polar surface area (TPSA) is 47.9 Å². The fraction of sp³-hybridized carbons (Fsp3) is 0.250. The van der Waals surface area contributed by atoms with Crippen LogP contribution in [0.25, 0.3) is 11.4 Å². The third kappa shape index (κ3) is 3.31. The lowest BCUT2D eigenvalue weighted by Gasteiger charge is -2.05. The van der Waals surface area contributed by atoms with Crippen molar-refractivity contribution in [1.29, 1.82) is 0 Å². The Balaban J connectivity index is 2.23. The van der Waals surface area contributed by atoms with Crippen molar-refractivity contribution in [2.75, 3.05) is 6.61 Å². The van der Waals surface area contributed by atoms with Gasteiger partial charge in [0.15, 0.2) is 5.82 Å². The summed E-state index contributed by atoms with van der Waals surface area (Å²) in [5.74, 6) is 1.26. The molecule has 1 aromatic carbocycles. The second-order valence-corrected chi connectivity index (χ2v) is 4.25. The standard InChI is InChI=1S/C12H11Cl2N3O/c1-2-7-18-9-5-3-8(4-6-9)10-15-11(13)17-12(14)16-10/h3-6H,2,7H2,1H3. The van der Waals surface area contributed by atoms with Crippen LogP contribution in [0.1, 0.15) is 13.3 Å². The fourth-order valence-electron chi connectivity index (χ4n) is 1.38. The van der Waals surface area contributed by atoms with E-state index in [0.29, 0.717) is 12.4 Å². The van der Waals surface area contributed by atoms with E-state index in [2.05, 4.69) is 21.9 Å². The molecule has 6 heteroatoms. The Kier molecular flexibility index (Phi) is 4.33. The van der Waals surface area contributed by atoms with Gasteiger partial charge >= 0.3 is 0 Å². The molecule has 0 bridgehead atoms. The zero-order chi connectivity index (χ0) is 13.0. The Morgan fingerprint density at radius 3 is 2.17 bits per heavy atom. The monoisotopic (exact) mass is 283 g/mol. The third-order valence-electron chi connectivity index (χ3n) is 2.17. The largest absolute Gasteiger partial charge is 0.494 e. The van der Waals surface area contributed by atoms with Crippen molar-refractivity contribution in [1.82, 2.24) is 15.0 Å². The predicted octanol–water partition coefficient (Wildman–Crippen LogP) is 3.63. The van der Waals surface area contributed by atoms with E-state index >= 15 is 0 Å². The molecule has 0 unspecified atom stereocenters. The first-order valence-corrected chi connectivity index (χ1v) is 6.25. The van der Waals surface area contributed by atoms with E-state index in [1.807, 2.05) is 24.3 Å². The number of ether oxygens (including phenoxy) is 1. The Labute approximate surface area is 115 Å². The lowest BCUT2D eigenvalue weighted by molar-refractivity contribution is 0.317. The molecule has 0 amide bonds. The van der Waals surface area contributed by atoms with E-state index in [-0.39, 0.29) is 10.6 Å². The molecule has 4 nitrogen and oxygen atoms in total. The zero-order valence-corrected chi connectivity index (χ0v) is 11.2. The number of halogens is 2. The summed E-state index contributed by atoms with van der Waals surface area (Å²) in [5, 5.41) is 0.160. The number of aromatic nitrogens is 3. The van der Waals surface area contributed by atoms with Crippen LogP contribution in [-0.4, -0.2) is 21.6 Å². The van der Waals surface area contributed by atoms with Crippen LogP contribution in [0.5, 0.6) is 5.75 Å². The second kappa shape index (κ2) is 5.98. The normalized spacial score (nSPS) is 10.4. The number of nitrogens with zero attached hydrogens (tertiary/aromatic N) is 3. The fourth-order valence-corrected chi connectivity index (χ4v) is 1.74. The van der Waals surface area contributed by atoms with E-state index in [0.717, 1.165) is 17.7 Å². The van der Waals surface area contributed by atoms with Crippen molar-refractivity contribution in [3.05, 3.63) is 34.8 Å². The Morgan fingerprint density at radius 2 is 1.61 bits per heavy atom. The molecule has 0 fully saturated rings. The maximum atomic E-state index is 5.73. The summed E-state index contributed by atoms with van der Waals surface area (Å²) in [6.45, 7) is 2.76. The molecule has 0 aliphatic carbocycles. The number of hydrogen-bond donors (Lipinski definition) is 0. The minimum atomic E-state index is 0.0799. The molecule has 1 aromatic heterocycles. The molecule has 18 heavy (non-hydrogen) atoms. The Bertz CT molecular complexity index is 511. The first-order chi connectivity index (χ1) is 8.69. The molecule has 0 saturated carbocycles. The molecule has 0 spiro atoms. The summed E-state index contributed by atoms with van der Waals surface area (Å²) in [4.78, 5) is 11.7. The summed E-state index contributed by atoms with van der Waals surface area (Å²) >= 11 is 11.5. The van der Waals surface area contributed by atoms with Gasteiger partial charge in [0.25, 0.3) is 0 Å². The molecular weight excluding hydrogens is 273 g/mol. The van der Waals surface area contributed by atoms with Crippen LogP contribution < -0.4 is 4.74 Å². The van der Waals surface area contributed by atoms with Gasteiger partial charge < -0.3 is 4.74 Å². The van der Waals surface area contributed by atoms with E-state index in [4.69, 9.17) is 27.9 Å². The molecule has 0 N–H and O–H groups in total. The van der Waals surface area contributed by atoms with Gasteiger partial charge in [-0.25, -0.2) is 0 Å². The van der Waals surface area contributed by atoms with Gasteiger partial charge in [-0.2, -0.15) is 15.0 Å². The molecule has 0 atom stereocenters. The molecule has 2 aromatic rings. The molecule has 94 valence electrons. The zero-order valence-electron chi connectivity index (χ0n) is 9.73. The molecule has 0 aliphatic rings. The van der Waals surface area contributed by atoms with Crippen molar-refractivity contribution < 1.29 is 4.74 Å². The van der Waals surface area contributed by atoms with Gasteiger partial charge in [0.05, 0.1) is 6.61 Å². The van der Waals surface area contributed by atoms with Crippen LogP contribution in [0, 0.1) is 0 Å². The van der Waals surface area contributed by atoms with E-state index in [1.54, 1.807) is 0 Å². The molecule has 1 heterocycles. The molecule has 0 aliphatic heterocycles. The van der Waals surface area contributed by atoms with Crippen LogP contribution in [0.15, 0.2) is 24.3 Å². The highest BCUT2D eigenvalue weighted by Gasteiger charge is 2.06. The Hall–Kier alpha value is -1.39. The summed E-state index contributed by atoms with van der Waals surface area (Å²) < 4.78 is 5.49. The molecule has 0 saturated heterocycles. The lowest BCUT2D eigenvalue weighted by Crippen LogP contribution is -1.96. The maximum Gasteiger partial charge on any atom is 0.227 e. The molecular formula is C12H11Cl2N3O. The van der Waals surface area contributed by atoms with Crippen LogP contribution in [0.4, 0.5) is 0 Å². The summed E-state index contributed by atoms with van der Waals surface area (Å²) in [5.41, 5.74) is 0.810. The third-order valence-corrected chi connectivity index (χ3v) is 2.50. The predicted molar refractivity (Wildman–Crippen MR) is 71.1 cm³/mol. The SMILES string of the molecule is CCCOc1ccc(-c2nc(Cl)nc(Cl)n2)cc1. The molecule has 2 rings (SSSR count). The lowest BCUT2D eigenvalue weighted by atomic mass is 10.2. The highest BCUT2D eigenvalue weighted by Crippen LogP contribution is 2.21. The maximum absolute atomic E-state index is 5.73. The van der Waals surface area contributed by atoms with Crippen LogP contribution >= 0.6 is 23.2 Å². The number of hydrogen-bond acceptors (Lipinski definition) is 4. The first kappa shape index (κ1) is 13.1. The highest BCUT2D eigenvalue weighted by molar-refractivity contribution is 6.31. The van der Waals surface area contributed by atoms with Crippen molar-refractivity contribution in [3.63, 3.8) is 0 Å². The average molecular weight is 284 g/mol. The number of rotatable bonds is 4. The number of benzene rings is 1. The Morgan fingerprint density at radius 1 is 1.00 bits per heavy atom. The summed E-state index contributed by atoms with van der Waals surface area (Å²) in [6, 6.07) is 7.42. The van der Waals surface area contributed by atoms with Gasteiger partial charge in [0.2, 0.25) is 10.6 Å². The average Bonchev–Trinajstić information content (AvgIpc) is 2.36. The van der Waals surface area contributed by atoms with Gasteiger partial charge in [-0.1, -0.05) is 6.92 Å². The van der Waals surface area contributed by atoms with E-state index < -0.39 is 0 Å². The summed E-state index contributed by atoms with van der Waals surface area (Å²) in [6.07, 6.45) is 0.973. The van der Waals surface area contributed by atoms with Crippen molar-refractivity contribution in [2.24, 2.45) is 0 Å². The van der Waals surface area contributed by atoms with Gasteiger partial charge in [0, 0.05) is 5.56 Å². The van der Waals surface area contributed by atoms with Crippen LogP contribution in [0.2, 0.25) is 10.6 Å². The minimum Gasteiger partial charge on any atom is -0.494 e. The van der Waals surface area contributed by atoms with Crippen molar-refractivity contribution in [2.45, 2.75) is 13.3 Å².